The lowest BCUT2D eigenvalue weighted by Crippen LogP contribution is -2.58. The van der Waals surface area contributed by atoms with Gasteiger partial charge in [0.1, 0.15) is 16.1 Å². The predicted octanol–water partition coefficient (Wildman–Crippen LogP) is 13.6. The zero-order chi connectivity index (χ0) is 44.3. The first-order valence-electron chi connectivity index (χ1n) is 23.0. The van der Waals surface area contributed by atoms with Crippen molar-refractivity contribution in [2.24, 2.45) is 0 Å². The summed E-state index contributed by atoms with van der Waals surface area (Å²) in [7, 11) is -3.99. The summed E-state index contributed by atoms with van der Waals surface area (Å²) in [4.78, 5) is 16.0. The summed E-state index contributed by atoms with van der Waals surface area (Å²) in [6.07, 6.45) is 0. The van der Waals surface area contributed by atoms with E-state index in [-0.39, 0.29) is 0 Å². The standard InChI is InChI=1S/C60H46N4Si2/c1-65(2)55-25-13-9-21-51(55)63(52-22-10-14-26-56(52)65)41-31-33-43-45(37-41)59(49-35-29-39-17-5-7-19-47(39)61-49)44-34-32-42(38-46(44)60(43)50-36-30-40-18-6-8-20-48(40)62-50)64-53-23-11-15-27-57(53)66(3,4)58-28-16-12-24-54(58)64/h5-38H,1-4H3. The SMILES string of the molecule is C[Si]1(C)c2ccccc2N(c2ccc3c(-c4ccc5ccccc5n4)c4cc(N5c6ccccc6[Si](C)(C)c6ccccc65)ccc4c(-c4ccc5ccccc5n4)c3c2)c2ccccc21. The molecule has 13 rings (SSSR count). The quantitative estimate of drug-likeness (QED) is 0.130. The molecule has 0 saturated heterocycles. The van der Waals surface area contributed by atoms with Crippen molar-refractivity contribution < 1.29 is 0 Å². The molecule has 0 atom stereocenters. The summed E-state index contributed by atoms with van der Waals surface area (Å²) in [5.41, 5.74) is 13.3. The van der Waals surface area contributed by atoms with Gasteiger partial charge in [-0.25, -0.2) is 9.97 Å². The Bertz CT molecular complexity index is 3470. The first kappa shape index (κ1) is 38.8. The number of hydrogen-bond donors (Lipinski definition) is 0. The van der Waals surface area contributed by atoms with E-state index >= 15 is 0 Å². The molecule has 0 spiro atoms. The number of benzene rings is 9. The normalized spacial score (nSPS) is 14.5. The van der Waals surface area contributed by atoms with Crippen molar-refractivity contribution >= 4 is 114 Å². The third kappa shape index (κ3) is 5.68. The van der Waals surface area contributed by atoms with Crippen LogP contribution in [0.15, 0.2) is 206 Å². The average molecular weight is 879 g/mol. The molecule has 0 radical (unpaired) electrons. The van der Waals surface area contributed by atoms with Crippen molar-refractivity contribution in [2.45, 2.75) is 26.2 Å². The minimum atomic E-state index is -2.00. The molecular weight excluding hydrogens is 833 g/mol. The number of aromatic nitrogens is 2. The van der Waals surface area contributed by atoms with Crippen molar-refractivity contribution in [3.8, 4) is 22.5 Å². The fourth-order valence-corrected chi connectivity index (χ4v) is 17.3. The average Bonchev–Trinajstić information content (AvgIpc) is 3.35. The fourth-order valence-electron chi connectivity index (χ4n) is 11.3. The number of fused-ring (bicyclic) bond motifs is 8. The Morgan fingerprint density at radius 2 is 0.652 bits per heavy atom. The minimum absolute atomic E-state index is 0.945. The van der Waals surface area contributed by atoms with Crippen LogP contribution in [0.25, 0.3) is 65.9 Å². The molecule has 0 amide bonds. The Morgan fingerprint density at radius 1 is 0.318 bits per heavy atom. The molecule has 2 aliphatic heterocycles. The molecule has 0 N–H and O–H groups in total. The van der Waals surface area contributed by atoms with E-state index in [0.29, 0.717) is 0 Å². The zero-order valence-electron chi connectivity index (χ0n) is 37.4. The first-order valence-corrected chi connectivity index (χ1v) is 29.0. The van der Waals surface area contributed by atoms with Crippen molar-refractivity contribution in [1.82, 2.24) is 9.97 Å². The molecule has 4 heterocycles. The molecule has 0 bridgehead atoms. The van der Waals surface area contributed by atoms with Crippen molar-refractivity contribution in [2.75, 3.05) is 9.80 Å². The van der Waals surface area contributed by atoms with Gasteiger partial charge in [0.05, 0.1) is 22.4 Å². The van der Waals surface area contributed by atoms with Gasteiger partial charge in [0.2, 0.25) is 0 Å². The number of pyridine rings is 2. The smallest absolute Gasteiger partial charge is 0.117 e. The molecule has 4 nitrogen and oxygen atoms in total. The number of nitrogens with zero attached hydrogens (tertiary/aromatic N) is 4. The van der Waals surface area contributed by atoms with Gasteiger partial charge >= 0.3 is 0 Å². The van der Waals surface area contributed by atoms with Crippen molar-refractivity contribution in [3.63, 3.8) is 0 Å². The summed E-state index contributed by atoms with van der Waals surface area (Å²) in [5, 5.41) is 12.6. The first-order chi connectivity index (χ1) is 32.3. The molecule has 0 unspecified atom stereocenters. The lowest BCUT2D eigenvalue weighted by Gasteiger charge is -2.41. The van der Waals surface area contributed by atoms with Crippen LogP contribution in [0.5, 0.6) is 0 Å². The van der Waals surface area contributed by atoms with E-state index in [1.165, 1.54) is 43.5 Å². The van der Waals surface area contributed by atoms with Crippen molar-refractivity contribution in [1.29, 1.82) is 0 Å². The van der Waals surface area contributed by atoms with E-state index in [0.717, 1.165) is 77.2 Å². The molecule has 0 fully saturated rings. The van der Waals surface area contributed by atoms with Gasteiger partial charge in [0.15, 0.2) is 0 Å². The van der Waals surface area contributed by atoms with Crippen LogP contribution >= 0.6 is 0 Å². The lowest BCUT2D eigenvalue weighted by atomic mass is 9.87. The maximum absolute atomic E-state index is 5.48. The van der Waals surface area contributed by atoms with Crippen LogP contribution in [0.4, 0.5) is 34.1 Å². The maximum atomic E-state index is 5.48. The van der Waals surface area contributed by atoms with Crippen LogP contribution in [0.2, 0.25) is 26.2 Å². The summed E-state index contributed by atoms with van der Waals surface area (Å²) >= 11 is 0. The number of rotatable bonds is 4. The van der Waals surface area contributed by atoms with Crippen LogP contribution in [-0.4, -0.2) is 26.1 Å². The van der Waals surface area contributed by atoms with E-state index < -0.39 is 16.1 Å². The van der Waals surface area contributed by atoms with Gasteiger partial charge in [-0.1, -0.05) is 160 Å². The molecule has 2 aliphatic rings. The zero-order valence-corrected chi connectivity index (χ0v) is 39.4. The highest BCUT2D eigenvalue weighted by molar-refractivity contribution is 7.03. The van der Waals surface area contributed by atoms with E-state index in [1.807, 2.05) is 0 Å². The molecule has 6 heteroatoms. The largest absolute Gasteiger partial charge is 0.311 e. The van der Waals surface area contributed by atoms with E-state index in [4.69, 9.17) is 9.97 Å². The van der Waals surface area contributed by atoms with E-state index in [1.54, 1.807) is 0 Å². The molecule has 9 aromatic carbocycles. The molecule has 314 valence electrons. The molecular formula is C60H46N4Si2. The summed E-state index contributed by atoms with van der Waals surface area (Å²) < 4.78 is 0. The lowest BCUT2D eigenvalue weighted by molar-refractivity contribution is 1.29. The molecule has 2 aromatic heterocycles. The van der Waals surface area contributed by atoms with Crippen LogP contribution < -0.4 is 30.5 Å². The second-order valence-electron chi connectivity index (χ2n) is 19.0. The van der Waals surface area contributed by atoms with Gasteiger partial charge in [0, 0.05) is 56.0 Å². The molecule has 66 heavy (non-hydrogen) atoms. The van der Waals surface area contributed by atoms with Gasteiger partial charge in [0.25, 0.3) is 0 Å². The highest BCUT2D eigenvalue weighted by Crippen LogP contribution is 2.49. The number of hydrogen-bond acceptors (Lipinski definition) is 4. The second-order valence-corrected chi connectivity index (χ2v) is 27.6. The fraction of sp³-hybridized carbons (Fsp3) is 0.0667. The monoisotopic (exact) mass is 878 g/mol. The second kappa shape index (κ2) is 14.4. The maximum Gasteiger partial charge on any atom is 0.117 e. The topological polar surface area (TPSA) is 32.3 Å². The Balaban J connectivity index is 1.15. The molecule has 0 aliphatic carbocycles. The van der Waals surface area contributed by atoms with E-state index in [9.17, 15) is 0 Å². The Hall–Kier alpha value is -7.65. The third-order valence-electron chi connectivity index (χ3n) is 14.6. The number of para-hydroxylation sites is 6. The van der Waals surface area contributed by atoms with Crippen LogP contribution in [-0.2, 0) is 0 Å². The highest BCUT2D eigenvalue weighted by Gasteiger charge is 2.40. The summed E-state index contributed by atoms with van der Waals surface area (Å²) in [6.45, 7) is 9.94. The number of anilines is 6. The molecule has 11 aromatic rings. The Labute approximate surface area is 387 Å². The van der Waals surface area contributed by atoms with Crippen LogP contribution in [0.3, 0.4) is 0 Å². The Morgan fingerprint density at radius 3 is 1.03 bits per heavy atom. The predicted molar refractivity (Wildman–Crippen MR) is 286 cm³/mol. The van der Waals surface area contributed by atoms with Gasteiger partial charge in [-0.05, 0) is 115 Å². The van der Waals surface area contributed by atoms with Gasteiger partial charge in [-0.15, -0.1) is 0 Å². The highest BCUT2D eigenvalue weighted by atomic mass is 28.3. The summed E-state index contributed by atoms with van der Waals surface area (Å²) in [5.74, 6) is 0. The minimum Gasteiger partial charge on any atom is -0.311 e. The van der Waals surface area contributed by atoms with Gasteiger partial charge in [-0.2, -0.15) is 0 Å². The van der Waals surface area contributed by atoms with Crippen LogP contribution in [0, 0.1) is 0 Å². The van der Waals surface area contributed by atoms with Crippen molar-refractivity contribution in [3.05, 3.63) is 206 Å². The van der Waals surface area contributed by atoms with Gasteiger partial charge in [-0.3, -0.25) is 0 Å². The summed E-state index contributed by atoms with van der Waals surface area (Å²) in [6, 6.07) is 76.2. The molecule has 0 saturated carbocycles. The van der Waals surface area contributed by atoms with E-state index in [2.05, 4.69) is 242 Å². The van der Waals surface area contributed by atoms with Gasteiger partial charge < -0.3 is 9.80 Å². The van der Waals surface area contributed by atoms with Crippen LogP contribution in [0.1, 0.15) is 0 Å². The Kier molecular flexibility index (Phi) is 8.48. The third-order valence-corrected chi connectivity index (χ3v) is 21.7.